The van der Waals surface area contributed by atoms with Gasteiger partial charge in [0, 0.05) is 12.3 Å². The van der Waals surface area contributed by atoms with Gasteiger partial charge in [-0.25, -0.2) is 9.59 Å². The van der Waals surface area contributed by atoms with E-state index in [1.165, 1.54) is 19.4 Å². The number of H-pyrrole nitrogens is 1. The number of nitrogens with one attached hydrogen (secondary N) is 1. The third-order valence-electron chi connectivity index (χ3n) is 2.67. The van der Waals surface area contributed by atoms with Crippen LogP contribution >= 0.6 is 0 Å². The van der Waals surface area contributed by atoms with Crippen molar-refractivity contribution in [3.63, 3.8) is 0 Å². The quantitative estimate of drug-likeness (QED) is 0.805. The molecule has 1 aromatic heterocycles. The molecule has 0 amide bonds. The molecule has 19 heavy (non-hydrogen) atoms. The number of aromatic amines is 1. The Labute approximate surface area is 108 Å². The number of hydrogen-bond acceptors (Lipinski definition) is 4. The summed E-state index contributed by atoms with van der Waals surface area (Å²) in [5, 5.41) is 0. The Bertz CT molecular complexity index is 688. The second-order valence-corrected chi connectivity index (χ2v) is 3.85. The molecule has 1 heterocycles. The molecule has 1 aromatic carbocycles. The van der Waals surface area contributed by atoms with E-state index < -0.39 is 23.3 Å². The Balaban J connectivity index is 2.59. The summed E-state index contributed by atoms with van der Waals surface area (Å²) in [7, 11) is 1.25. The first-order chi connectivity index (χ1) is 9.13. The molecule has 0 aliphatic heterocycles. The smallest absolute Gasteiger partial charge is 0.333 e. The summed E-state index contributed by atoms with van der Waals surface area (Å²) >= 11 is 0. The fraction of sp³-hybridized carbons (Fsp3) is 0.154. The number of carbonyl (C=O) groups is 1. The highest BCUT2D eigenvalue weighted by molar-refractivity contribution is 5.77. The lowest BCUT2D eigenvalue weighted by Crippen LogP contribution is -2.35. The summed E-state index contributed by atoms with van der Waals surface area (Å²) < 4.78 is 5.84. The minimum absolute atomic E-state index is 0.516. The van der Waals surface area contributed by atoms with Gasteiger partial charge in [0.1, 0.15) is 0 Å². The van der Waals surface area contributed by atoms with Crippen LogP contribution in [0.25, 0.3) is 0 Å². The maximum atomic E-state index is 11.9. The minimum atomic E-state index is -0.921. The van der Waals surface area contributed by atoms with Crippen molar-refractivity contribution < 1.29 is 9.53 Å². The molecule has 6 nitrogen and oxygen atoms in total. The number of nitrogens with zero attached hydrogens (tertiary/aromatic N) is 1. The standard InChI is InChI=1S/C13H12N2O4/c1-19-12(17)11(9-5-3-2-4-6-9)15-8-7-10(16)14-13(15)18/h2-8,11H,1H3,(H,14,16,18). The molecule has 0 saturated carbocycles. The summed E-state index contributed by atoms with van der Waals surface area (Å²) in [6.45, 7) is 0. The molecule has 0 spiro atoms. The van der Waals surface area contributed by atoms with Crippen LogP contribution in [0.2, 0.25) is 0 Å². The number of esters is 1. The largest absolute Gasteiger partial charge is 0.467 e. The maximum Gasteiger partial charge on any atom is 0.333 e. The second-order valence-electron chi connectivity index (χ2n) is 3.85. The predicted molar refractivity (Wildman–Crippen MR) is 67.9 cm³/mol. The van der Waals surface area contributed by atoms with Gasteiger partial charge in [0.2, 0.25) is 0 Å². The van der Waals surface area contributed by atoms with Gasteiger partial charge in [0.25, 0.3) is 5.56 Å². The Morgan fingerprint density at radius 1 is 1.21 bits per heavy atom. The highest BCUT2D eigenvalue weighted by atomic mass is 16.5. The van der Waals surface area contributed by atoms with Gasteiger partial charge in [-0.05, 0) is 5.56 Å². The van der Waals surface area contributed by atoms with Crippen LogP contribution in [0.15, 0.2) is 52.2 Å². The first kappa shape index (κ1) is 12.8. The fourth-order valence-corrected chi connectivity index (χ4v) is 1.79. The van der Waals surface area contributed by atoms with E-state index in [1.54, 1.807) is 30.3 Å². The molecule has 1 atom stereocenters. The number of methoxy groups -OCH3 is 1. The lowest BCUT2D eigenvalue weighted by atomic mass is 10.1. The van der Waals surface area contributed by atoms with Crippen LogP contribution in [-0.4, -0.2) is 22.6 Å². The zero-order chi connectivity index (χ0) is 13.8. The Morgan fingerprint density at radius 2 is 1.89 bits per heavy atom. The Morgan fingerprint density at radius 3 is 2.47 bits per heavy atom. The van der Waals surface area contributed by atoms with E-state index in [4.69, 9.17) is 4.74 Å². The van der Waals surface area contributed by atoms with Crippen molar-refractivity contribution in [1.29, 1.82) is 0 Å². The summed E-state index contributed by atoms with van der Waals surface area (Å²) in [5.74, 6) is -0.583. The van der Waals surface area contributed by atoms with Gasteiger partial charge in [0.05, 0.1) is 7.11 Å². The number of ether oxygens (including phenoxy) is 1. The van der Waals surface area contributed by atoms with E-state index in [-0.39, 0.29) is 0 Å². The van der Waals surface area contributed by atoms with Crippen LogP contribution in [0.1, 0.15) is 11.6 Å². The van der Waals surface area contributed by atoms with Crippen molar-refractivity contribution in [2.24, 2.45) is 0 Å². The molecule has 1 N–H and O–H groups in total. The summed E-state index contributed by atoms with van der Waals surface area (Å²) in [5.41, 5.74) is -0.576. The summed E-state index contributed by atoms with van der Waals surface area (Å²) in [6.07, 6.45) is 1.27. The van der Waals surface area contributed by atoms with E-state index in [0.717, 1.165) is 4.57 Å². The Hall–Kier alpha value is -2.63. The summed E-state index contributed by atoms with van der Waals surface area (Å²) in [4.78, 5) is 36.8. The van der Waals surface area contributed by atoms with Crippen LogP contribution < -0.4 is 11.2 Å². The molecule has 0 aliphatic rings. The highest BCUT2D eigenvalue weighted by Gasteiger charge is 2.24. The van der Waals surface area contributed by atoms with E-state index in [9.17, 15) is 14.4 Å². The lowest BCUT2D eigenvalue weighted by molar-refractivity contribution is -0.143. The third-order valence-corrected chi connectivity index (χ3v) is 2.67. The lowest BCUT2D eigenvalue weighted by Gasteiger charge is -2.17. The molecule has 0 fully saturated rings. The number of hydrogen-bond donors (Lipinski definition) is 1. The van der Waals surface area contributed by atoms with Gasteiger partial charge in [-0.15, -0.1) is 0 Å². The molecule has 0 aliphatic carbocycles. The second kappa shape index (κ2) is 5.34. The molecule has 0 bridgehead atoms. The van der Waals surface area contributed by atoms with Crippen LogP contribution in [0.3, 0.4) is 0 Å². The van der Waals surface area contributed by atoms with Crippen molar-refractivity contribution in [2.75, 3.05) is 7.11 Å². The van der Waals surface area contributed by atoms with E-state index in [2.05, 4.69) is 4.98 Å². The zero-order valence-corrected chi connectivity index (χ0v) is 10.2. The SMILES string of the molecule is COC(=O)C(c1ccccc1)n1ccc(=O)[nH]c1=O. The molecular formula is C13H12N2O4. The van der Waals surface area contributed by atoms with Gasteiger partial charge in [-0.2, -0.15) is 0 Å². The van der Waals surface area contributed by atoms with Gasteiger partial charge in [-0.3, -0.25) is 14.3 Å². The molecule has 98 valence electrons. The first-order valence-corrected chi connectivity index (χ1v) is 5.57. The average Bonchev–Trinajstić information content (AvgIpc) is 2.42. The molecule has 2 aromatic rings. The molecule has 1 unspecified atom stereocenters. The summed E-state index contributed by atoms with van der Waals surface area (Å²) in [6, 6.07) is 8.98. The van der Waals surface area contributed by atoms with Gasteiger partial charge < -0.3 is 4.74 Å². The Kier molecular flexibility index (Phi) is 3.61. The first-order valence-electron chi connectivity index (χ1n) is 5.57. The van der Waals surface area contributed by atoms with Crippen molar-refractivity contribution in [3.05, 3.63) is 69.0 Å². The number of benzene rings is 1. The van der Waals surface area contributed by atoms with E-state index >= 15 is 0 Å². The number of carbonyl (C=O) groups excluding carboxylic acids is 1. The van der Waals surface area contributed by atoms with Gasteiger partial charge >= 0.3 is 11.7 Å². The molecular weight excluding hydrogens is 248 g/mol. The van der Waals surface area contributed by atoms with Gasteiger partial charge in [0.15, 0.2) is 6.04 Å². The average molecular weight is 260 g/mol. The molecule has 2 rings (SSSR count). The third kappa shape index (κ3) is 2.62. The molecule has 6 heteroatoms. The fourth-order valence-electron chi connectivity index (χ4n) is 1.79. The topological polar surface area (TPSA) is 81.2 Å². The normalized spacial score (nSPS) is 11.8. The number of aromatic nitrogens is 2. The van der Waals surface area contributed by atoms with Crippen LogP contribution in [0, 0.1) is 0 Å². The predicted octanol–water partition coefficient (Wildman–Crippen LogP) is 0.299. The highest BCUT2D eigenvalue weighted by Crippen LogP contribution is 2.17. The monoisotopic (exact) mass is 260 g/mol. The van der Waals surface area contributed by atoms with Gasteiger partial charge in [-0.1, -0.05) is 30.3 Å². The number of rotatable bonds is 3. The zero-order valence-electron chi connectivity index (χ0n) is 10.2. The molecule has 0 radical (unpaired) electrons. The van der Waals surface area contributed by atoms with E-state index in [1.807, 2.05) is 0 Å². The van der Waals surface area contributed by atoms with Crippen molar-refractivity contribution in [3.8, 4) is 0 Å². The van der Waals surface area contributed by atoms with Crippen LogP contribution in [-0.2, 0) is 9.53 Å². The minimum Gasteiger partial charge on any atom is -0.467 e. The van der Waals surface area contributed by atoms with E-state index in [0.29, 0.717) is 5.56 Å². The van der Waals surface area contributed by atoms with Crippen LogP contribution in [0.5, 0.6) is 0 Å². The van der Waals surface area contributed by atoms with Crippen molar-refractivity contribution in [1.82, 2.24) is 9.55 Å². The van der Waals surface area contributed by atoms with Crippen molar-refractivity contribution >= 4 is 5.97 Å². The molecule has 0 saturated heterocycles. The van der Waals surface area contributed by atoms with Crippen LogP contribution in [0.4, 0.5) is 0 Å². The maximum absolute atomic E-state index is 11.9. The van der Waals surface area contributed by atoms with Crippen molar-refractivity contribution in [2.45, 2.75) is 6.04 Å².